The Morgan fingerprint density at radius 1 is 1.23 bits per heavy atom. The van der Waals surface area contributed by atoms with E-state index < -0.39 is 0 Å². The number of carbonyl (C=O) groups is 1. The number of piperazine rings is 1. The molecule has 2 heterocycles. The smallest absolute Gasteiger partial charge is 0.321 e. The maximum Gasteiger partial charge on any atom is 0.321 e. The fourth-order valence-corrected chi connectivity index (χ4v) is 2.40. The summed E-state index contributed by atoms with van der Waals surface area (Å²) in [4.78, 5) is 20.6. The molecule has 1 fully saturated rings. The Labute approximate surface area is 128 Å². The highest BCUT2D eigenvalue weighted by molar-refractivity contribution is 5.93. The Kier molecular flexibility index (Phi) is 4.06. The molecule has 7 heteroatoms. The summed E-state index contributed by atoms with van der Waals surface area (Å²) in [5.74, 6) is 0.974. The molecule has 2 aromatic rings. The fraction of sp³-hybridized carbons (Fsp3) is 0.400. The van der Waals surface area contributed by atoms with Crippen LogP contribution < -0.4 is 5.32 Å². The van der Waals surface area contributed by atoms with Crippen LogP contribution in [0.1, 0.15) is 5.89 Å². The molecule has 3 rings (SSSR count). The third-order valence-corrected chi connectivity index (χ3v) is 3.73. The van der Waals surface area contributed by atoms with E-state index >= 15 is 0 Å². The van der Waals surface area contributed by atoms with Crippen molar-refractivity contribution in [2.75, 3.05) is 38.5 Å². The van der Waals surface area contributed by atoms with Gasteiger partial charge in [0.1, 0.15) is 0 Å². The lowest BCUT2D eigenvalue weighted by atomic mass is 10.1. The van der Waals surface area contributed by atoms with E-state index in [2.05, 4.69) is 27.4 Å². The molecule has 1 saturated heterocycles. The van der Waals surface area contributed by atoms with Gasteiger partial charge in [-0.1, -0.05) is 17.3 Å². The van der Waals surface area contributed by atoms with Crippen molar-refractivity contribution < 1.29 is 9.32 Å². The largest absolute Gasteiger partial charge is 0.339 e. The first-order valence-electron chi connectivity index (χ1n) is 7.27. The van der Waals surface area contributed by atoms with Crippen molar-refractivity contribution in [3.05, 3.63) is 30.2 Å². The number of amides is 2. The summed E-state index contributed by atoms with van der Waals surface area (Å²) < 4.78 is 5.02. The van der Waals surface area contributed by atoms with Gasteiger partial charge in [-0.3, -0.25) is 0 Å². The minimum atomic E-state index is -0.0965. The normalized spacial score (nSPS) is 15.8. The van der Waals surface area contributed by atoms with Gasteiger partial charge in [0.2, 0.25) is 11.7 Å². The zero-order valence-corrected chi connectivity index (χ0v) is 12.7. The zero-order chi connectivity index (χ0) is 15.5. The highest BCUT2D eigenvalue weighted by atomic mass is 16.5. The molecule has 1 aliphatic rings. The van der Waals surface area contributed by atoms with E-state index in [1.807, 2.05) is 29.2 Å². The first kappa shape index (κ1) is 14.5. The average Bonchev–Trinajstić information content (AvgIpc) is 2.95. The number of urea groups is 1. The van der Waals surface area contributed by atoms with Crippen molar-refractivity contribution in [2.24, 2.45) is 0 Å². The van der Waals surface area contributed by atoms with Crippen molar-refractivity contribution in [3.63, 3.8) is 0 Å². The highest BCUT2D eigenvalue weighted by Gasteiger charge is 2.20. The van der Waals surface area contributed by atoms with Crippen LogP contribution >= 0.6 is 0 Å². The lowest BCUT2D eigenvalue weighted by Gasteiger charge is -2.32. The van der Waals surface area contributed by atoms with Gasteiger partial charge in [-0.15, -0.1) is 0 Å². The number of likely N-dealkylation sites (N-methyl/N-ethyl adjacent to an activating group) is 1. The van der Waals surface area contributed by atoms with Crippen LogP contribution in [0.25, 0.3) is 11.4 Å². The Morgan fingerprint density at radius 2 is 1.95 bits per heavy atom. The third kappa shape index (κ3) is 3.09. The summed E-state index contributed by atoms with van der Waals surface area (Å²) in [6.45, 7) is 4.97. The second-order valence-electron chi connectivity index (χ2n) is 5.40. The van der Waals surface area contributed by atoms with E-state index in [-0.39, 0.29) is 6.03 Å². The SMILES string of the molecule is Cc1nc(-c2ccccc2NC(=O)N2CCN(C)CC2)no1. The molecule has 0 unspecified atom stereocenters. The van der Waals surface area contributed by atoms with Gasteiger partial charge in [0.25, 0.3) is 0 Å². The van der Waals surface area contributed by atoms with Gasteiger partial charge in [0.15, 0.2) is 0 Å². The maximum absolute atomic E-state index is 12.4. The predicted molar refractivity (Wildman–Crippen MR) is 82.6 cm³/mol. The molecule has 116 valence electrons. The van der Waals surface area contributed by atoms with E-state index in [0.717, 1.165) is 31.7 Å². The molecule has 0 atom stereocenters. The van der Waals surface area contributed by atoms with Crippen molar-refractivity contribution in [1.29, 1.82) is 0 Å². The van der Waals surface area contributed by atoms with E-state index in [4.69, 9.17) is 4.52 Å². The van der Waals surface area contributed by atoms with Crippen LogP contribution in [0.4, 0.5) is 10.5 Å². The van der Waals surface area contributed by atoms with Gasteiger partial charge in [-0.25, -0.2) is 4.79 Å². The average molecular weight is 301 g/mol. The van der Waals surface area contributed by atoms with Crippen molar-refractivity contribution in [2.45, 2.75) is 6.92 Å². The van der Waals surface area contributed by atoms with Gasteiger partial charge in [0.05, 0.1) is 5.69 Å². The van der Waals surface area contributed by atoms with Crippen LogP contribution in [0.2, 0.25) is 0 Å². The van der Waals surface area contributed by atoms with E-state index in [1.165, 1.54) is 0 Å². The van der Waals surface area contributed by atoms with Gasteiger partial charge in [-0.2, -0.15) is 4.98 Å². The molecule has 0 spiro atoms. The molecule has 0 radical (unpaired) electrons. The topological polar surface area (TPSA) is 74.5 Å². The number of hydrogen-bond donors (Lipinski definition) is 1. The first-order valence-corrected chi connectivity index (χ1v) is 7.27. The Balaban J connectivity index is 1.76. The van der Waals surface area contributed by atoms with Crippen LogP contribution in [-0.2, 0) is 0 Å². The number of anilines is 1. The second-order valence-corrected chi connectivity index (χ2v) is 5.40. The van der Waals surface area contributed by atoms with E-state index in [1.54, 1.807) is 6.92 Å². The molecule has 22 heavy (non-hydrogen) atoms. The second kappa shape index (κ2) is 6.15. The van der Waals surface area contributed by atoms with Gasteiger partial charge < -0.3 is 19.6 Å². The van der Waals surface area contributed by atoms with Crippen LogP contribution in [0, 0.1) is 6.92 Å². The van der Waals surface area contributed by atoms with Crippen molar-refractivity contribution >= 4 is 11.7 Å². The Hall–Kier alpha value is -2.41. The number of aromatic nitrogens is 2. The van der Waals surface area contributed by atoms with Gasteiger partial charge in [0, 0.05) is 38.7 Å². The van der Waals surface area contributed by atoms with Gasteiger partial charge in [-0.05, 0) is 19.2 Å². The number of carbonyl (C=O) groups excluding carboxylic acids is 1. The fourth-order valence-electron chi connectivity index (χ4n) is 2.40. The third-order valence-electron chi connectivity index (χ3n) is 3.73. The van der Waals surface area contributed by atoms with Crippen molar-refractivity contribution in [3.8, 4) is 11.4 Å². The number of aryl methyl sites for hydroxylation is 1. The molecule has 1 aromatic carbocycles. The van der Waals surface area contributed by atoms with Crippen molar-refractivity contribution in [1.82, 2.24) is 19.9 Å². The lowest BCUT2D eigenvalue weighted by Crippen LogP contribution is -2.48. The molecule has 7 nitrogen and oxygen atoms in total. The Bertz CT molecular complexity index is 661. The highest BCUT2D eigenvalue weighted by Crippen LogP contribution is 2.25. The zero-order valence-electron chi connectivity index (χ0n) is 12.7. The monoisotopic (exact) mass is 301 g/mol. The summed E-state index contributed by atoms with van der Waals surface area (Å²) in [5, 5.41) is 6.87. The number of rotatable bonds is 2. The maximum atomic E-state index is 12.4. The summed E-state index contributed by atoms with van der Waals surface area (Å²) in [6, 6.07) is 7.36. The molecule has 1 N–H and O–H groups in total. The lowest BCUT2D eigenvalue weighted by molar-refractivity contribution is 0.164. The van der Waals surface area contributed by atoms with Gasteiger partial charge >= 0.3 is 6.03 Å². The number of nitrogens with zero attached hydrogens (tertiary/aromatic N) is 4. The summed E-state index contributed by atoms with van der Waals surface area (Å²) in [7, 11) is 2.06. The minimum absolute atomic E-state index is 0.0965. The summed E-state index contributed by atoms with van der Waals surface area (Å²) in [5.41, 5.74) is 1.44. The Morgan fingerprint density at radius 3 is 2.64 bits per heavy atom. The van der Waals surface area contributed by atoms with Crippen LogP contribution in [0.3, 0.4) is 0 Å². The number of hydrogen-bond acceptors (Lipinski definition) is 5. The number of nitrogens with one attached hydrogen (secondary N) is 1. The molecule has 1 aromatic heterocycles. The standard InChI is InChI=1S/C15H19N5O2/c1-11-16-14(18-22-11)12-5-3-4-6-13(12)17-15(21)20-9-7-19(2)8-10-20/h3-6H,7-10H2,1-2H3,(H,17,21). The quantitative estimate of drug-likeness (QED) is 0.916. The minimum Gasteiger partial charge on any atom is -0.339 e. The molecule has 1 aliphatic heterocycles. The molecule has 2 amide bonds. The molecular weight excluding hydrogens is 282 g/mol. The first-order chi connectivity index (χ1) is 10.6. The summed E-state index contributed by atoms with van der Waals surface area (Å²) in [6.07, 6.45) is 0. The number of benzene rings is 1. The number of para-hydroxylation sites is 1. The molecule has 0 aliphatic carbocycles. The van der Waals surface area contributed by atoms with E-state index in [0.29, 0.717) is 17.4 Å². The molecular formula is C15H19N5O2. The predicted octanol–water partition coefficient (Wildman–Crippen LogP) is 1.82. The van der Waals surface area contributed by atoms with E-state index in [9.17, 15) is 4.79 Å². The van der Waals surface area contributed by atoms with Crippen LogP contribution in [0.15, 0.2) is 28.8 Å². The van der Waals surface area contributed by atoms with Crippen LogP contribution in [-0.4, -0.2) is 59.2 Å². The van der Waals surface area contributed by atoms with Crippen LogP contribution in [0.5, 0.6) is 0 Å². The summed E-state index contributed by atoms with van der Waals surface area (Å²) >= 11 is 0. The molecule has 0 bridgehead atoms. The molecule has 0 saturated carbocycles.